The Morgan fingerprint density at radius 2 is 1.88 bits per heavy atom. The van der Waals surface area contributed by atoms with Crippen LogP contribution in [-0.2, 0) is 6.42 Å². The van der Waals surface area contributed by atoms with Gasteiger partial charge in [-0.05, 0) is 38.3 Å². The fourth-order valence-electron chi connectivity index (χ4n) is 2.65. The van der Waals surface area contributed by atoms with Crippen LogP contribution in [-0.4, -0.2) is 28.1 Å². The Morgan fingerprint density at radius 1 is 1.16 bits per heavy atom. The van der Waals surface area contributed by atoms with E-state index in [-0.39, 0.29) is 6.10 Å². The minimum Gasteiger partial charge on any atom is -0.472 e. The number of anilines is 1. The van der Waals surface area contributed by atoms with Crippen LogP contribution >= 0.6 is 0 Å². The van der Waals surface area contributed by atoms with Crippen LogP contribution in [0.25, 0.3) is 11.3 Å². The Morgan fingerprint density at radius 3 is 2.40 bits per heavy atom. The third-order valence-electron chi connectivity index (χ3n) is 4.15. The van der Waals surface area contributed by atoms with Crippen LogP contribution in [0.4, 0.5) is 5.82 Å². The summed E-state index contributed by atoms with van der Waals surface area (Å²) in [5.74, 6) is 1.15. The van der Waals surface area contributed by atoms with E-state index >= 15 is 0 Å². The van der Waals surface area contributed by atoms with Gasteiger partial charge in [-0.1, -0.05) is 20.8 Å². The first kappa shape index (κ1) is 18.7. The van der Waals surface area contributed by atoms with Gasteiger partial charge in [-0.2, -0.15) is 5.26 Å². The number of aryl methyl sites for hydroxylation is 2. The molecule has 2 heterocycles. The van der Waals surface area contributed by atoms with Crippen LogP contribution in [0.1, 0.15) is 50.7 Å². The standard InChI is InChI=1S/C19H25N5O/c1-6-14(7-2)25-19-18(21-5)24-17(16(8-3)23-19)15-10-9-13(11-20)22-12(15)4/h9-10,14H,6-8H2,1-5H3,(H,21,24). The molecule has 0 spiro atoms. The van der Waals surface area contributed by atoms with E-state index < -0.39 is 0 Å². The highest BCUT2D eigenvalue weighted by Gasteiger charge is 2.18. The highest BCUT2D eigenvalue weighted by molar-refractivity contribution is 5.67. The molecule has 0 aliphatic heterocycles. The molecular formula is C19H25N5O. The molecule has 0 saturated heterocycles. The zero-order chi connectivity index (χ0) is 18.4. The Kier molecular flexibility index (Phi) is 6.29. The van der Waals surface area contributed by atoms with Crippen molar-refractivity contribution in [3.05, 3.63) is 29.2 Å². The largest absolute Gasteiger partial charge is 0.472 e. The molecule has 0 saturated carbocycles. The topological polar surface area (TPSA) is 83.7 Å². The maximum Gasteiger partial charge on any atom is 0.257 e. The van der Waals surface area contributed by atoms with Crippen molar-refractivity contribution in [1.82, 2.24) is 15.0 Å². The predicted molar refractivity (Wildman–Crippen MR) is 98.6 cm³/mol. The summed E-state index contributed by atoms with van der Waals surface area (Å²) in [5, 5.41) is 12.1. The quantitative estimate of drug-likeness (QED) is 0.824. The summed E-state index contributed by atoms with van der Waals surface area (Å²) >= 11 is 0. The van der Waals surface area contributed by atoms with E-state index in [0.29, 0.717) is 17.4 Å². The third kappa shape index (κ3) is 4.05. The molecule has 6 heteroatoms. The predicted octanol–water partition coefficient (Wildman–Crippen LogP) is 3.89. The highest BCUT2D eigenvalue weighted by atomic mass is 16.5. The average Bonchev–Trinajstić information content (AvgIpc) is 2.65. The average molecular weight is 339 g/mol. The Bertz CT molecular complexity index is 778. The van der Waals surface area contributed by atoms with Gasteiger partial charge in [0, 0.05) is 18.3 Å². The summed E-state index contributed by atoms with van der Waals surface area (Å²) < 4.78 is 6.04. The molecule has 132 valence electrons. The number of pyridine rings is 1. The molecule has 2 rings (SSSR count). The van der Waals surface area contributed by atoms with Gasteiger partial charge in [0.15, 0.2) is 5.82 Å². The molecule has 0 bridgehead atoms. The molecule has 1 N–H and O–H groups in total. The van der Waals surface area contributed by atoms with Crippen molar-refractivity contribution in [1.29, 1.82) is 5.26 Å². The normalized spacial score (nSPS) is 10.6. The van der Waals surface area contributed by atoms with Crippen molar-refractivity contribution < 1.29 is 4.74 Å². The molecule has 0 aromatic carbocycles. The van der Waals surface area contributed by atoms with Gasteiger partial charge in [-0.25, -0.2) is 15.0 Å². The first-order chi connectivity index (χ1) is 12.1. The number of nitrogens with zero attached hydrogens (tertiary/aromatic N) is 4. The first-order valence-electron chi connectivity index (χ1n) is 8.71. The molecule has 0 radical (unpaired) electrons. The molecule has 2 aromatic heterocycles. The second-order valence-corrected chi connectivity index (χ2v) is 5.77. The number of ether oxygens (including phenoxy) is 1. The van der Waals surface area contributed by atoms with Gasteiger partial charge >= 0.3 is 0 Å². The van der Waals surface area contributed by atoms with Crippen LogP contribution in [0.15, 0.2) is 12.1 Å². The van der Waals surface area contributed by atoms with Gasteiger partial charge in [-0.3, -0.25) is 0 Å². The Labute approximate surface area is 149 Å². The number of nitrogens with one attached hydrogen (secondary N) is 1. The fraction of sp³-hybridized carbons (Fsp3) is 0.474. The maximum absolute atomic E-state index is 9.01. The van der Waals surface area contributed by atoms with Crippen molar-refractivity contribution in [2.24, 2.45) is 0 Å². The molecule has 0 aliphatic carbocycles. The zero-order valence-electron chi connectivity index (χ0n) is 15.6. The zero-order valence-corrected chi connectivity index (χ0v) is 15.6. The van der Waals surface area contributed by atoms with Gasteiger partial charge in [-0.15, -0.1) is 0 Å². The lowest BCUT2D eigenvalue weighted by molar-refractivity contribution is 0.185. The lowest BCUT2D eigenvalue weighted by Crippen LogP contribution is -2.17. The molecule has 25 heavy (non-hydrogen) atoms. The fourth-order valence-corrected chi connectivity index (χ4v) is 2.65. The molecule has 0 atom stereocenters. The maximum atomic E-state index is 9.01. The number of aromatic nitrogens is 3. The summed E-state index contributed by atoms with van der Waals surface area (Å²) in [6.07, 6.45) is 2.69. The van der Waals surface area contributed by atoms with E-state index in [1.807, 2.05) is 27.0 Å². The molecular weight excluding hydrogens is 314 g/mol. The van der Waals surface area contributed by atoms with Crippen molar-refractivity contribution >= 4 is 5.82 Å². The second-order valence-electron chi connectivity index (χ2n) is 5.77. The molecule has 0 fully saturated rings. The minimum atomic E-state index is 0.121. The van der Waals surface area contributed by atoms with Gasteiger partial charge in [0.2, 0.25) is 0 Å². The third-order valence-corrected chi connectivity index (χ3v) is 4.15. The van der Waals surface area contributed by atoms with Crippen LogP contribution in [0.2, 0.25) is 0 Å². The van der Waals surface area contributed by atoms with E-state index in [1.54, 1.807) is 6.07 Å². The van der Waals surface area contributed by atoms with Gasteiger partial charge in [0.1, 0.15) is 17.9 Å². The number of hydrogen-bond acceptors (Lipinski definition) is 6. The smallest absolute Gasteiger partial charge is 0.257 e. The minimum absolute atomic E-state index is 0.121. The van der Waals surface area contributed by atoms with Gasteiger partial charge < -0.3 is 10.1 Å². The van der Waals surface area contributed by atoms with Crippen LogP contribution in [0, 0.1) is 18.3 Å². The van der Waals surface area contributed by atoms with Crippen molar-refractivity contribution in [3.8, 4) is 23.2 Å². The Hall–Kier alpha value is -2.68. The van der Waals surface area contributed by atoms with E-state index in [4.69, 9.17) is 20.0 Å². The van der Waals surface area contributed by atoms with Gasteiger partial charge in [0.25, 0.3) is 5.88 Å². The van der Waals surface area contributed by atoms with Gasteiger partial charge in [0.05, 0.1) is 11.4 Å². The van der Waals surface area contributed by atoms with Crippen LogP contribution in [0.5, 0.6) is 5.88 Å². The molecule has 6 nitrogen and oxygen atoms in total. The van der Waals surface area contributed by atoms with E-state index in [1.165, 1.54) is 0 Å². The van der Waals surface area contributed by atoms with E-state index in [2.05, 4.69) is 30.2 Å². The highest BCUT2D eigenvalue weighted by Crippen LogP contribution is 2.30. The van der Waals surface area contributed by atoms with Crippen LogP contribution in [0.3, 0.4) is 0 Å². The summed E-state index contributed by atoms with van der Waals surface area (Å²) in [4.78, 5) is 13.8. The molecule has 0 unspecified atom stereocenters. The SMILES string of the molecule is CCc1nc(OC(CC)CC)c(NC)nc1-c1ccc(C#N)nc1C. The molecule has 2 aromatic rings. The summed E-state index contributed by atoms with van der Waals surface area (Å²) in [5.41, 5.74) is 3.68. The monoisotopic (exact) mass is 339 g/mol. The van der Waals surface area contributed by atoms with Crippen LogP contribution < -0.4 is 10.1 Å². The van der Waals surface area contributed by atoms with E-state index in [0.717, 1.165) is 41.9 Å². The number of nitriles is 1. The van der Waals surface area contributed by atoms with E-state index in [9.17, 15) is 0 Å². The number of hydrogen-bond donors (Lipinski definition) is 1. The summed E-state index contributed by atoms with van der Waals surface area (Å²) in [6.45, 7) is 8.12. The Balaban J connectivity index is 2.54. The lowest BCUT2D eigenvalue weighted by Gasteiger charge is -2.19. The first-order valence-corrected chi connectivity index (χ1v) is 8.71. The molecule has 0 amide bonds. The van der Waals surface area contributed by atoms with Crippen molar-refractivity contribution in [2.45, 2.75) is 53.1 Å². The second kappa shape index (κ2) is 8.43. The van der Waals surface area contributed by atoms with Crippen molar-refractivity contribution in [3.63, 3.8) is 0 Å². The lowest BCUT2D eigenvalue weighted by atomic mass is 10.1. The summed E-state index contributed by atoms with van der Waals surface area (Å²) in [7, 11) is 1.81. The number of rotatable bonds is 7. The molecule has 0 aliphatic rings. The van der Waals surface area contributed by atoms with Crippen molar-refractivity contribution in [2.75, 3.05) is 12.4 Å². The summed E-state index contributed by atoms with van der Waals surface area (Å²) in [6, 6.07) is 5.65.